The average Bonchev–Trinajstić information content (AvgIpc) is 2.86. The van der Waals surface area contributed by atoms with Gasteiger partial charge in [0.2, 0.25) is 20.0 Å². The van der Waals surface area contributed by atoms with Crippen LogP contribution < -0.4 is 4.72 Å². The molecule has 1 saturated heterocycles. The van der Waals surface area contributed by atoms with E-state index in [0.717, 1.165) is 17.6 Å². The molecule has 1 aliphatic heterocycles. The molecule has 1 N–H and O–H groups in total. The predicted molar refractivity (Wildman–Crippen MR) is 94.3 cm³/mol. The Hall–Kier alpha value is -1.27. The number of anilines is 1. The van der Waals surface area contributed by atoms with E-state index in [4.69, 9.17) is 0 Å². The van der Waals surface area contributed by atoms with Gasteiger partial charge >= 0.3 is 0 Å². The molecule has 1 aromatic carbocycles. The fourth-order valence-corrected chi connectivity index (χ4v) is 5.71. The largest absolute Gasteiger partial charge is 0.304 e. The molecular formula is C13H18N4O4S3. The number of thiazole rings is 1. The SMILES string of the molecule is CN1CCN(S(=O)(=O)c2ccc3nc(NS(C)(=O)=O)sc3c2)CC1. The molecule has 3 rings (SSSR count). The highest BCUT2D eigenvalue weighted by atomic mass is 32.2. The van der Waals surface area contributed by atoms with Crippen molar-refractivity contribution in [2.75, 3.05) is 44.2 Å². The van der Waals surface area contributed by atoms with E-state index in [9.17, 15) is 16.8 Å². The number of fused-ring (bicyclic) bond motifs is 1. The second-order valence-corrected chi connectivity index (χ2v) is 10.4. The van der Waals surface area contributed by atoms with Gasteiger partial charge in [-0.2, -0.15) is 4.31 Å². The number of benzene rings is 1. The summed E-state index contributed by atoms with van der Waals surface area (Å²) >= 11 is 1.11. The smallest absolute Gasteiger partial charge is 0.243 e. The van der Waals surface area contributed by atoms with Crippen LogP contribution in [0, 0.1) is 0 Å². The van der Waals surface area contributed by atoms with Crippen LogP contribution in [0.15, 0.2) is 23.1 Å². The van der Waals surface area contributed by atoms with Crippen LogP contribution >= 0.6 is 11.3 Å². The van der Waals surface area contributed by atoms with Crippen molar-refractivity contribution in [3.63, 3.8) is 0 Å². The van der Waals surface area contributed by atoms with Gasteiger partial charge in [0.1, 0.15) is 0 Å². The molecule has 1 aromatic heterocycles. The first-order chi connectivity index (χ1) is 11.1. The first-order valence-electron chi connectivity index (χ1n) is 7.22. The lowest BCUT2D eigenvalue weighted by molar-refractivity contribution is 0.222. The monoisotopic (exact) mass is 390 g/mol. The Morgan fingerprint density at radius 3 is 2.42 bits per heavy atom. The summed E-state index contributed by atoms with van der Waals surface area (Å²) in [4.78, 5) is 6.44. The molecule has 24 heavy (non-hydrogen) atoms. The Labute approximate surface area is 145 Å². The number of likely N-dealkylation sites (N-methyl/N-ethyl adjacent to an activating group) is 1. The van der Waals surface area contributed by atoms with E-state index in [-0.39, 0.29) is 10.0 Å². The topological polar surface area (TPSA) is 99.7 Å². The maximum atomic E-state index is 12.8. The number of nitrogens with zero attached hydrogens (tertiary/aromatic N) is 3. The summed E-state index contributed by atoms with van der Waals surface area (Å²) in [6, 6.07) is 4.66. The number of nitrogens with one attached hydrogen (secondary N) is 1. The van der Waals surface area contributed by atoms with E-state index < -0.39 is 20.0 Å². The van der Waals surface area contributed by atoms with Crippen LogP contribution in [0.4, 0.5) is 5.13 Å². The molecule has 0 unspecified atom stereocenters. The lowest BCUT2D eigenvalue weighted by atomic mass is 10.3. The summed E-state index contributed by atoms with van der Waals surface area (Å²) in [7, 11) is -5.01. The molecule has 2 aromatic rings. The maximum Gasteiger partial charge on any atom is 0.243 e. The van der Waals surface area contributed by atoms with Crippen molar-refractivity contribution < 1.29 is 16.8 Å². The van der Waals surface area contributed by atoms with Gasteiger partial charge in [0.15, 0.2) is 5.13 Å². The second kappa shape index (κ2) is 6.23. The van der Waals surface area contributed by atoms with Crippen LogP contribution in [0.25, 0.3) is 10.2 Å². The standard InChI is InChI=1S/C13H18N4O4S3/c1-16-5-7-17(8-6-16)24(20,21)10-3-4-11-12(9-10)22-13(14-11)15-23(2,18)19/h3-4,9H,5-8H2,1-2H3,(H,14,15). The summed E-state index contributed by atoms with van der Waals surface area (Å²) in [6.07, 6.45) is 1.04. The van der Waals surface area contributed by atoms with Gasteiger partial charge in [-0.1, -0.05) is 11.3 Å². The summed E-state index contributed by atoms with van der Waals surface area (Å²) in [6.45, 7) is 2.32. The Kier molecular flexibility index (Phi) is 4.55. The summed E-state index contributed by atoms with van der Waals surface area (Å²) in [5, 5.41) is 0.224. The molecule has 0 saturated carbocycles. The summed E-state index contributed by atoms with van der Waals surface area (Å²) in [5.41, 5.74) is 0.559. The molecule has 0 spiro atoms. The van der Waals surface area contributed by atoms with Crippen molar-refractivity contribution in [2.24, 2.45) is 0 Å². The molecule has 1 fully saturated rings. The summed E-state index contributed by atoms with van der Waals surface area (Å²) < 4.78 is 52.5. The number of sulfonamides is 2. The van der Waals surface area contributed by atoms with Crippen LogP contribution in [0.1, 0.15) is 0 Å². The number of piperazine rings is 1. The van der Waals surface area contributed by atoms with Gasteiger partial charge < -0.3 is 4.90 Å². The van der Waals surface area contributed by atoms with Gasteiger partial charge in [-0.05, 0) is 25.2 Å². The van der Waals surface area contributed by atoms with Gasteiger partial charge in [0.05, 0.1) is 21.4 Å². The van der Waals surface area contributed by atoms with Crippen molar-refractivity contribution in [3.8, 4) is 0 Å². The van der Waals surface area contributed by atoms with Crippen LogP contribution in [0.2, 0.25) is 0 Å². The zero-order chi connectivity index (χ0) is 17.5. The third-order valence-corrected chi connectivity index (χ3v) is 7.25. The van der Waals surface area contributed by atoms with E-state index in [2.05, 4.69) is 14.6 Å². The van der Waals surface area contributed by atoms with Crippen LogP contribution in [-0.4, -0.2) is 70.5 Å². The lowest BCUT2D eigenvalue weighted by Gasteiger charge is -2.31. The first kappa shape index (κ1) is 17.5. The quantitative estimate of drug-likeness (QED) is 0.821. The number of rotatable bonds is 4. The Balaban J connectivity index is 1.92. The molecule has 8 nitrogen and oxygen atoms in total. The van der Waals surface area contributed by atoms with E-state index in [1.807, 2.05) is 7.05 Å². The highest BCUT2D eigenvalue weighted by Crippen LogP contribution is 2.29. The van der Waals surface area contributed by atoms with Gasteiger partial charge in [0.25, 0.3) is 0 Å². The van der Waals surface area contributed by atoms with Crippen molar-refractivity contribution in [2.45, 2.75) is 4.90 Å². The molecular weight excluding hydrogens is 372 g/mol. The Bertz CT molecular complexity index is 960. The molecule has 0 atom stereocenters. The average molecular weight is 391 g/mol. The minimum atomic E-state index is -3.56. The van der Waals surface area contributed by atoms with Crippen molar-refractivity contribution >= 4 is 46.7 Å². The fourth-order valence-electron chi connectivity index (χ4n) is 2.45. The van der Waals surface area contributed by atoms with Crippen LogP contribution in [0.5, 0.6) is 0 Å². The van der Waals surface area contributed by atoms with Crippen molar-refractivity contribution in [3.05, 3.63) is 18.2 Å². The first-order valence-corrected chi connectivity index (χ1v) is 11.4. The normalized spacial score (nSPS) is 18.1. The minimum absolute atomic E-state index is 0.203. The van der Waals surface area contributed by atoms with E-state index >= 15 is 0 Å². The van der Waals surface area contributed by atoms with Gasteiger partial charge in [-0.3, -0.25) is 4.72 Å². The third kappa shape index (κ3) is 3.70. The number of aromatic nitrogens is 1. The molecule has 1 aliphatic rings. The minimum Gasteiger partial charge on any atom is -0.304 e. The van der Waals surface area contributed by atoms with Crippen LogP contribution in [-0.2, 0) is 20.0 Å². The van der Waals surface area contributed by atoms with Gasteiger partial charge in [0, 0.05) is 26.2 Å². The molecule has 132 valence electrons. The third-order valence-electron chi connectivity index (χ3n) is 3.73. The zero-order valence-corrected chi connectivity index (χ0v) is 15.7. The van der Waals surface area contributed by atoms with E-state index in [1.165, 1.54) is 10.4 Å². The number of hydrogen-bond donors (Lipinski definition) is 1. The lowest BCUT2D eigenvalue weighted by Crippen LogP contribution is -2.46. The Morgan fingerprint density at radius 1 is 1.12 bits per heavy atom. The summed E-state index contributed by atoms with van der Waals surface area (Å²) in [5.74, 6) is 0. The molecule has 0 aliphatic carbocycles. The molecule has 0 bridgehead atoms. The molecule has 11 heteroatoms. The van der Waals surface area contributed by atoms with Crippen molar-refractivity contribution in [1.29, 1.82) is 0 Å². The fraction of sp³-hybridized carbons (Fsp3) is 0.462. The highest BCUT2D eigenvalue weighted by molar-refractivity contribution is 7.92. The Morgan fingerprint density at radius 2 is 1.79 bits per heavy atom. The van der Waals surface area contributed by atoms with Gasteiger partial charge in [-0.25, -0.2) is 21.8 Å². The van der Waals surface area contributed by atoms with Gasteiger partial charge in [-0.15, -0.1) is 0 Å². The van der Waals surface area contributed by atoms with Crippen LogP contribution in [0.3, 0.4) is 0 Å². The highest BCUT2D eigenvalue weighted by Gasteiger charge is 2.27. The maximum absolute atomic E-state index is 12.8. The van der Waals surface area contributed by atoms with E-state index in [0.29, 0.717) is 36.4 Å². The van der Waals surface area contributed by atoms with Crippen molar-refractivity contribution in [1.82, 2.24) is 14.2 Å². The predicted octanol–water partition coefficient (Wildman–Crippen LogP) is 0.604. The van der Waals surface area contributed by atoms with E-state index in [1.54, 1.807) is 12.1 Å². The molecule has 2 heterocycles. The molecule has 0 radical (unpaired) electrons. The molecule has 0 amide bonds. The number of hydrogen-bond acceptors (Lipinski definition) is 7. The zero-order valence-electron chi connectivity index (χ0n) is 13.3. The second-order valence-electron chi connectivity index (χ2n) is 5.73.